The van der Waals surface area contributed by atoms with Gasteiger partial charge >= 0.3 is 0 Å². The third-order valence-electron chi connectivity index (χ3n) is 3.47. The van der Waals surface area contributed by atoms with Gasteiger partial charge in [-0.3, -0.25) is 0 Å². The van der Waals surface area contributed by atoms with E-state index in [0.29, 0.717) is 6.04 Å². The molecular formula is C15H24ClN. The zero-order chi connectivity index (χ0) is 12.8. The van der Waals surface area contributed by atoms with E-state index in [1.54, 1.807) is 0 Å². The predicted octanol–water partition coefficient (Wildman–Crippen LogP) is 4.74. The highest BCUT2D eigenvalue weighted by molar-refractivity contribution is 6.31. The molecule has 0 aliphatic carbocycles. The molecule has 0 saturated carbocycles. The van der Waals surface area contributed by atoms with Crippen LogP contribution in [0.25, 0.3) is 0 Å². The fraction of sp³-hybridized carbons (Fsp3) is 0.600. The van der Waals surface area contributed by atoms with E-state index in [1.165, 1.54) is 24.0 Å². The molecule has 1 nitrogen and oxygen atoms in total. The molecule has 2 heteroatoms. The lowest BCUT2D eigenvalue weighted by Gasteiger charge is -2.23. The van der Waals surface area contributed by atoms with Crippen LogP contribution in [0, 0.1) is 12.8 Å². The van der Waals surface area contributed by atoms with Crippen LogP contribution in [0.4, 0.5) is 0 Å². The van der Waals surface area contributed by atoms with E-state index < -0.39 is 0 Å². The molecule has 0 heterocycles. The SMILES string of the molecule is CCNC(CC(C)CC)c1cccc(Cl)c1C. The molecule has 1 N–H and O–H groups in total. The molecule has 1 aromatic carbocycles. The third-order valence-corrected chi connectivity index (χ3v) is 3.88. The lowest BCUT2D eigenvalue weighted by Crippen LogP contribution is -2.23. The average molecular weight is 254 g/mol. The molecule has 1 rings (SSSR count). The van der Waals surface area contributed by atoms with Crippen LogP contribution in [0.1, 0.15) is 50.8 Å². The summed E-state index contributed by atoms with van der Waals surface area (Å²) in [5.74, 6) is 0.734. The maximum absolute atomic E-state index is 6.20. The quantitative estimate of drug-likeness (QED) is 0.773. The molecule has 2 unspecified atom stereocenters. The van der Waals surface area contributed by atoms with Crippen molar-refractivity contribution in [2.75, 3.05) is 6.54 Å². The Morgan fingerprint density at radius 3 is 2.59 bits per heavy atom. The molecule has 0 amide bonds. The van der Waals surface area contributed by atoms with Gasteiger partial charge in [0.1, 0.15) is 0 Å². The van der Waals surface area contributed by atoms with Gasteiger partial charge in [0.15, 0.2) is 0 Å². The van der Waals surface area contributed by atoms with E-state index in [9.17, 15) is 0 Å². The minimum atomic E-state index is 0.425. The van der Waals surface area contributed by atoms with Gasteiger partial charge in [-0.15, -0.1) is 0 Å². The Bertz CT molecular complexity index is 349. The second-order valence-corrected chi connectivity index (χ2v) is 5.22. The van der Waals surface area contributed by atoms with Crippen LogP contribution in [-0.4, -0.2) is 6.54 Å². The van der Waals surface area contributed by atoms with Gasteiger partial charge in [-0.2, -0.15) is 0 Å². The van der Waals surface area contributed by atoms with Gasteiger partial charge in [0.2, 0.25) is 0 Å². The van der Waals surface area contributed by atoms with Crippen LogP contribution in [0.3, 0.4) is 0 Å². The minimum Gasteiger partial charge on any atom is -0.310 e. The van der Waals surface area contributed by atoms with Gasteiger partial charge in [-0.05, 0) is 43.0 Å². The topological polar surface area (TPSA) is 12.0 Å². The number of hydrogen-bond donors (Lipinski definition) is 1. The van der Waals surface area contributed by atoms with E-state index >= 15 is 0 Å². The summed E-state index contributed by atoms with van der Waals surface area (Å²) in [4.78, 5) is 0. The van der Waals surface area contributed by atoms with Crippen molar-refractivity contribution in [1.82, 2.24) is 5.32 Å². The van der Waals surface area contributed by atoms with Crippen LogP contribution < -0.4 is 5.32 Å². The Morgan fingerprint density at radius 1 is 1.29 bits per heavy atom. The molecule has 96 valence electrons. The van der Waals surface area contributed by atoms with Crippen molar-refractivity contribution in [2.24, 2.45) is 5.92 Å². The molecule has 0 fully saturated rings. The molecule has 0 aliphatic heterocycles. The molecule has 0 aromatic heterocycles. The molecule has 0 radical (unpaired) electrons. The Kier molecular flexibility index (Phi) is 6.01. The molecular weight excluding hydrogens is 230 g/mol. The van der Waals surface area contributed by atoms with Crippen LogP contribution in [0.5, 0.6) is 0 Å². The fourth-order valence-electron chi connectivity index (χ4n) is 2.14. The van der Waals surface area contributed by atoms with E-state index in [0.717, 1.165) is 17.5 Å². The minimum absolute atomic E-state index is 0.425. The van der Waals surface area contributed by atoms with Crippen molar-refractivity contribution >= 4 is 11.6 Å². The number of benzene rings is 1. The lowest BCUT2D eigenvalue weighted by molar-refractivity contribution is 0.407. The molecule has 1 aromatic rings. The first-order valence-electron chi connectivity index (χ1n) is 6.58. The van der Waals surface area contributed by atoms with E-state index in [1.807, 2.05) is 12.1 Å². The summed E-state index contributed by atoms with van der Waals surface area (Å²) in [7, 11) is 0. The summed E-state index contributed by atoms with van der Waals surface area (Å²) in [6, 6.07) is 6.63. The predicted molar refractivity (Wildman–Crippen MR) is 76.7 cm³/mol. The van der Waals surface area contributed by atoms with Gasteiger partial charge in [-0.1, -0.05) is 50.9 Å². The number of halogens is 1. The smallest absolute Gasteiger partial charge is 0.0438 e. The highest BCUT2D eigenvalue weighted by Gasteiger charge is 2.16. The van der Waals surface area contributed by atoms with Gasteiger partial charge < -0.3 is 5.32 Å². The number of nitrogens with one attached hydrogen (secondary N) is 1. The first-order chi connectivity index (χ1) is 8.10. The Labute approximate surface area is 111 Å². The number of rotatable bonds is 6. The second-order valence-electron chi connectivity index (χ2n) is 4.81. The Balaban J connectivity index is 2.92. The lowest BCUT2D eigenvalue weighted by atomic mass is 9.92. The van der Waals surface area contributed by atoms with Crippen molar-refractivity contribution in [2.45, 2.75) is 46.6 Å². The highest BCUT2D eigenvalue weighted by Crippen LogP contribution is 2.29. The number of hydrogen-bond acceptors (Lipinski definition) is 1. The molecule has 0 saturated heterocycles. The van der Waals surface area contributed by atoms with Crippen molar-refractivity contribution in [3.05, 3.63) is 34.3 Å². The summed E-state index contributed by atoms with van der Waals surface area (Å²) in [6.45, 7) is 9.82. The Morgan fingerprint density at radius 2 is 2.00 bits per heavy atom. The molecule has 0 spiro atoms. The van der Waals surface area contributed by atoms with Crippen molar-refractivity contribution in [3.8, 4) is 0 Å². The van der Waals surface area contributed by atoms with E-state index in [2.05, 4.69) is 39.1 Å². The van der Waals surface area contributed by atoms with Crippen molar-refractivity contribution < 1.29 is 0 Å². The monoisotopic (exact) mass is 253 g/mol. The summed E-state index contributed by atoms with van der Waals surface area (Å²) in [5.41, 5.74) is 2.56. The van der Waals surface area contributed by atoms with Crippen LogP contribution in [0.2, 0.25) is 5.02 Å². The standard InChI is InChI=1S/C15H24ClN/c1-5-11(3)10-15(17-6-2)13-8-7-9-14(16)12(13)4/h7-9,11,15,17H,5-6,10H2,1-4H3. The third kappa shape index (κ3) is 4.01. The fourth-order valence-corrected chi connectivity index (χ4v) is 2.32. The van der Waals surface area contributed by atoms with Gasteiger partial charge in [0, 0.05) is 11.1 Å². The zero-order valence-electron chi connectivity index (χ0n) is 11.4. The first kappa shape index (κ1) is 14.5. The molecule has 0 aliphatic rings. The summed E-state index contributed by atoms with van der Waals surface area (Å²) < 4.78 is 0. The van der Waals surface area contributed by atoms with Crippen molar-refractivity contribution in [3.63, 3.8) is 0 Å². The molecule has 17 heavy (non-hydrogen) atoms. The molecule has 2 atom stereocenters. The van der Waals surface area contributed by atoms with Crippen molar-refractivity contribution in [1.29, 1.82) is 0 Å². The summed E-state index contributed by atoms with van der Waals surface area (Å²) in [6.07, 6.45) is 2.40. The second kappa shape index (κ2) is 7.03. The highest BCUT2D eigenvalue weighted by atomic mass is 35.5. The average Bonchev–Trinajstić information content (AvgIpc) is 2.32. The van der Waals surface area contributed by atoms with Crippen LogP contribution in [0.15, 0.2) is 18.2 Å². The first-order valence-corrected chi connectivity index (χ1v) is 6.96. The maximum Gasteiger partial charge on any atom is 0.0438 e. The van der Waals surface area contributed by atoms with Gasteiger partial charge in [0.25, 0.3) is 0 Å². The van der Waals surface area contributed by atoms with E-state index in [-0.39, 0.29) is 0 Å². The zero-order valence-corrected chi connectivity index (χ0v) is 12.1. The summed E-state index contributed by atoms with van der Waals surface area (Å²) in [5, 5.41) is 4.44. The molecule has 0 bridgehead atoms. The van der Waals surface area contributed by atoms with Crippen LogP contribution in [-0.2, 0) is 0 Å². The Hall–Kier alpha value is -0.530. The van der Waals surface area contributed by atoms with E-state index in [4.69, 9.17) is 11.6 Å². The van der Waals surface area contributed by atoms with Gasteiger partial charge in [-0.25, -0.2) is 0 Å². The summed E-state index contributed by atoms with van der Waals surface area (Å²) >= 11 is 6.20. The van der Waals surface area contributed by atoms with Crippen LogP contribution >= 0.6 is 11.6 Å². The largest absolute Gasteiger partial charge is 0.310 e. The maximum atomic E-state index is 6.20. The van der Waals surface area contributed by atoms with Gasteiger partial charge in [0.05, 0.1) is 0 Å². The normalized spacial score (nSPS) is 14.6.